The van der Waals surface area contributed by atoms with Crippen LogP contribution in [0.3, 0.4) is 0 Å². The molecular weight excluding hydrogens is 229 g/mol. The maximum absolute atomic E-state index is 5.20. The maximum atomic E-state index is 5.20. The summed E-state index contributed by atoms with van der Waals surface area (Å²) in [4.78, 5) is 3.01. The molecule has 1 unspecified atom stereocenters. The van der Waals surface area contributed by atoms with Gasteiger partial charge in [-0.05, 0) is 0 Å². The molecule has 2 rings (SSSR count). The van der Waals surface area contributed by atoms with Gasteiger partial charge in [0, 0.05) is 0 Å². The second-order valence-corrected chi connectivity index (χ2v) is 6.01. The van der Waals surface area contributed by atoms with Gasteiger partial charge >= 0.3 is 84.7 Å². The molecule has 0 amide bonds. The van der Waals surface area contributed by atoms with Gasteiger partial charge in [0.1, 0.15) is 0 Å². The number of rotatable bonds is 1. The molecule has 1 aromatic rings. The predicted octanol–water partition coefficient (Wildman–Crippen LogP) is 0.820. The van der Waals surface area contributed by atoms with Gasteiger partial charge in [0.05, 0.1) is 0 Å². The number of methoxy groups -OCH3 is 1. The van der Waals surface area contributed by atoms with Gasteiger partial charge in [-0.1, -0.05) is 0 Å². The summed E-state index contributed by atoms with van der Waals surface area (Å²) >= 11 is 0.594. The van der Waals surface area contributed by atoms with E-state index in [1.807, 2.05) is 6.07 Å². The molecule has 1 aliphatic rings. The van der Waals surface area contributed by atoms with Gasteiger partial charge in [0.25, 0.3) is 0 Å². The molecule has 1 heterocycles. The van der Waals surface area contributed by atoms with E-state index in [9.17, 15) is 0 Å². The zero-order valence-corrected chi connectivity index (χ0v) is 9.79. The molecule has 13 heavy (non-hydrogen) atoms. The van der Waals surface area contributed by atoms with Gasteiger partial charge in [0.15, 0.2) is 0 Å². The van der Waals surface area contributed by atoms with Gasteiger partial charge in [-0.15, -0.1) is 0 Å². The Morgan fingerprint density at radius 2 is 2.23 bits per heavy atom. The molecule has 2 nitrogen and oxygen atoms in total. The molecule has 70 valence electrons. The van der Waals surface area contributed by atoms with E-state index in [2.05, 4.69) is 31.0 Å². The van der Waals surface area contributed by atoms with E-state index in [0.29, 0.717) is 19.9 Å². The van der Waals surface area contributed by atoms with Crippen LogP contribution in [0.25, 0.3) is 0 Å². The average Bonchev–Trinajstić information content (AvgIpc) is 2.43. The Bertz CT molecular complexity index is 327. The fourth-order valence-corrected chi connectivity index (χ4v) is 3.79. The summed E-state index contributed by atoms with van der Waals surface area (Å²) in [5, 5.41) is 0. The minimum absolute atomic E-state index is 0.594. The SMILES string of the molecule is COc1ccc2c(c1)N(C)C(C)[Se]2. The second-order valence-electron chi connectivity index (χ2n) is 3.16. The Hall–Kier alpha value is -0.661. The Morgan fingerprint density at radius 1 is 1.46 bits per heavy atom. The van der Waals surface area contributed by atoms with Crippen molar-refractivity contribution in [2.24, 2.45) is 0 Å². The Morgan fingerprint density at radius 3 is 2.92 bits per heavy atom. The van der Waals surface area contributed by atoms with Crippen molar-refractivity contribution in [1.29, 1.82) is 0 Å². The summed E-state index contributed by atoms with van der Waals surface area (Å²) in [5.41, 5.74) is 1.34. The summed E-state index contributed by atoms with van der Waals surface area (Å²) in [6.07, 6.45) is 0. The van der Waals surface area contributed by atoms with Gasteiger partial charge in [-0.2, -0.15) is 0 Å². The Balaban J connectivity index is 2.42. The number of ether oxygens (including phenoxy) is 1. The van der Waals surface area contributed by atoms with E-state index in [4.69, 9.17) is 4.74 Å². The first-order chi connectivity index (χ1) is 6.22. The molecule has 3 heteroatoms. The van der Waals surface area contributed by atoms with Crippen molar-refractivity contribution in [3.8, 4) is 5.75 Å². The predicted molar refractivity (Wildman–Crippen MR) is 56.2 cm³/mol. The van der Waals surface area contributed by atoms with E-state index in [-0.39, 0.29) is 0 Å². The third kappa shape index (κ3) is 1.43. The number of benzene rings is 1. The van der Waals surface area contributed by atoms with Crippen LogP contribution in [0.4, 0.5) is 5.69 Å². The number of hydrogen-bond acceptors (Lipinski definition) is 2. The third-order valence-corrected chi connectivity index (χ3v) is 5.03. The summed E-state index contributed by atoms with van der Waals surface area (Å²) in [5.74, 6) is 0.954. The first kappa shape index (κ1) is 8.92. The van der Waals surface area contributed by atoms with E-state index >= 15 is 0 Å². The zero-order chi connectivity index (χ0) is 9.42. The molecule has 1 aromatic carbocycles. The van der Waals surface area contributed by atoms with Crippen molar-refractivity contribution >= 4 is 25.1 Å². The van der Waals surface area contributed by atoms with Crippen LogP contribution in [0.1, 0.15) is 6.92 Å². The molecule has 1 atom stereocenters. The summed E-state index contributed by atoms with van der Waals surface area (Å²) in [7, 11) is 3.86. The standard InChI is InChI=1S/C10H13NOSe/c1-7-11(2)9-6-8(12-3)4-5-10(9)13-7/h4-7H,1-3H3. The average molecular weight is 242 g/mol. The molecule has 0 radical (unpaired) electrons. The molecular formula is C10H13NOSe. The molecule has 0 spiro atoms. The molecule has 0 bridgehead atoms. The number of anilines is 1. The van der Waals surface area contributed by atoms with Crippen LogP contribution in [0, 0.1) is 0 Å². The van der Waals surface area contributed by atoms with Crippen LogP contribution < -0.4 is 14.1 Å². The van der Waals surface area contributed by atoms with Crippen LogP contribution in [0.15, 0.2) is 18.2 Å². The normalized spacial score (nSPS) is 20.2. The molecule has 1 aliphatic heterocycles. The van der Waals surface area contributed by atoms with Gasteiger partial charge in [0.2, 0.25) is 0 Å². The molecule has 0 aromatic heterocycles. The van der Waals surface area contributed by atoms with Gasteiger partial charge in [-0.3, -0.25) is 0 Å². The summed E-state index contributed by atoms with van der Waals surface area (Å²) < 4.78 is 6.69. The van der Waals surface area contributed by atoms with Crippen LogP contribution in [-0.2, 0) is 0 Å². The van der Waals surface area contributed by atoms with Crippen molar-refractivity contribution in [2.75, 3.05) is 19.1 Å². The molecule has 0 aliphatic carbocycles. The van der Waals surface area contributed by atoms with Crippen LogP contribution >= 0.6 is 0 Å². The molecule has 0 fully saturated rings. The second kappa shape index (κ2) is 3.24. The van der Waals surface area contributed by atoms with Crippen LogP contribution in [-0.4, -0.2) is 34.1 Å². The topological polar surface area (TPSA) is 12.5 Å². The number of hydrogen-bond donors (Lipinski definition) is 0. The molecule has 0 saturated heterocycles. The van der Waals surface area contributed by atoms with Crippen LogP contribution in [0.2, 0.25) is 0 Å². The number of fused-ring (bicyclic) bond motifs is 1. The monoisotopic (exact) mass is 243 g/mol. The fourth-order valence-electron chi connectivity index (χ4n) is 1.46. The van der Waals surface area contributed by atoms with E-state index in [0.717, 1.165) is 5.75 Å². The summed E-state index contributed by atoms with van der Waals surface area (Å²) in [6, 6.07) is 6.36. The van der Waals surface area contributed by atoms with E-state index in [1.165, 1.54) is 10.1 Å². The van der Waals surface area contributed by atoms with Gasteiger partial charge < -0.3 is 0 Å². The van der Waals surface area contributed by atoms with E-state index in [1.54, 1.807) is 7.11 Å². The number of nitrogens with zero attached hydrogens (tertiary/aromatic N) is 1. The quantitative estimate of drug-likeness (QED) is 0.676. The Labute approximate surface area is 85.0 Å². The first-order valence-corrected chi connectivity index (χ1v) is 6.14. The van der Waals surface area contributed by atoms with Crippen molar-refractivity contribution < 1.29 is 4.74 Å². The van der Waals surface area contributed by atoms with Crippen molar-refractivity contribution in [3.63, 3.8) is 0 Å². The zero-order valence-electron chi connectivity index (χ0n) is 8.07. The molecule has 0 saturated carbocycles. The van der Waals surface area contributed by atoms with Crippen molar-refractivity contribution in [1.82, 2.24) is 0 Å². The minimum atomic E-state index is 0.594. The fraction of sp³-hybridized carbons (Fsp3) is 0.400. The third-order valence-electron chi connectivity index (χ3n) is 2.39. The van der Waals surface area contributed by atoms with Crippen molar-refractivity contribution in [3.05, 3.63) is 18.2 Å². The van der Waals surface area contributed by atoms with Gasteiger partial charge in [-0.25, -0.2) is 0 Å². The first-order valence-electron chi connectivity index (χ1n) is 4.30. The van der Waals surface area contributed by atoms with E-state index < -0.39 is 0 Å². The molecule has 0 N–H and O–H groups in total. The van der Waals surface area contributed by atoms with Crippen LogP contribution in [0.5, 0.6) is 5.75 Å². The van der Waals surface area contributed by atoms with Crippen molar-refractivity contribution in [2.45, 2.75) is 11.9 Å². The summed E-state index contributed by atoms with van der Waals surface area (Å²) in [6.45, 7) is 2.27. The Kier molecular flexibility index (Phi) is 2.22.